The number of benzene rings is 6. The van der Waals surface area contributed by atoms with Crippen molar-refractivity contribution in [3.63, 3.8) is 0 Å². The predicted molar refractivity (Wildman–Crippen MR) is 169 cm³/mol. The second kappa shape index (κ2) is 10.7. The van der Waals surface area contributed by atoms with Gasteiger partial charge in [0.25, 0.3) is 0 Å². The number of thiol groups is 2. The van der Waals surface area contributed by atoms with Gasteiger partial charge in [-0.1, -0.05) is 97.1 Å². The predicted octanol–water partition coefficient (Wildman–Crippen LogP) is 9.74. The molecule has 0 atom stereocenters. The smallest absolute Gasteiger partial charge is 0.0709 e. The van der Waals surface area contributed by atoms with Crippen LogP contribution in [0.1, 0.15) is 11.1 Å². The van der Waals surface area contributed by atoms with Gasteiger partial charge in [-0.25, -0.2) is 0 Å². The molecule has 0 aromatic heterocycles. The summed E-state index contributed by atoms with van der Waals surface area (Å²) < 4.78 is 0. The Morgan fingerprint density at radius 3 is 1.29 bits per heavy atom. The van der Waals surface area contributed by atoms with Crippen LogP contribution in [0.2, 0.25) is 0 Å². The average molecular weight is 525 g/mol. The Balaban J connectivity index is 1.42. The molecule has 182 valence electrons. The van der Waals surface area contributed by atoms with Crippen molar-refractivity contribution < 1.29 is 0 Å². The van der Waals surface area contributed by atoms with E-state index in [9.17, 15) is 0 Å². The van der Waals surface area contributed by atoms with Crippen molar-refractivity contribution in [2.75, 3.05) is 0 Å². The fourth-order valence-corrected chi connectivity index (χ4v) is 5.24. The molecule has 0 fully saturated rings. The van der Waals surface area contributed by atoms with E-state index in [1.54, 1.807) is 0 Å². The molecule has 0 aliphatic heterocycles. The van der Waals surface area contributed by atoms with Crippen molar-refractivity contribution in [2.24, 2.45) is 9.98 Å². The molecule has 6 rings (SSSR count). The first-order valence-electron chi connectivity index (χ1n) is 12.4. The maximum Gasteiger partial charge on any atom is 0.0709 e. The van der Waals surface area contributed by atoms with Crippen LogP contribution in [-0.2, 0) is 0 Å². The highest BCUT2D eigenvalue weighted by atomic mass is 32.1. The van der Waals surface area contributed by atoms with E-state index in [4.69, 9.17) is 35.2 Å². The molecule has 0 heterocycles. The second-order valence-electron chi connectivity index (χ2n) is 8.99. The summed E-state index contributed by atoms with van der Waals surface area (Å²) in [7, 11) is 0. The van der Waals surface area contributed by atoms with Crippen LogP contribution in [0.15, 0.2) is 141 Å². The first kappa shape index (κ1) is 24.2. The number of nitrogens with zero attached hydrogens (tertiary/aromatic N) is 2. The first-order chi connectivity index (χ1) is 18.7. The Kier molecular flexibility index (Phi) is 6.82. The average Bonchev–Trinajstić information content (AvgIpc) is 2.96. The zero-order valence-electron chi connectivity index (χ0n) is 20.5. The lowest BCUT2D eigenvalue weighted by atomic mass is 10.0. The van der Waals surface area contributed by atoms with Gasteiger partial charge in [0.15, 0.2) is 0 Å². The van der Waals surface area contributed by atoms with Crippen LogP contribution in [0.5, 0.6) is 0 Å². The van der Waals surface area contributed by atoms with Crippen LogP contribution in [-0.4, -0.2) is 12.4 Å². The molecule has 0 aliphatic rings. The number of hydrogen-bond donors (Lipinski definition) is 2. The Bertz CT molecular complexity index is 1720. The molecule has 0 saturated heterocycles. The third-order valence-electron chi connectivity index (χ3n) is 6.66. The summed E-state index contributed by atoms with van der Waals surface area (Å²) in [6.45, 7) is 0. The topological polar surface area (TPSA) is 24.7 Å². The maximum atomic E-state index is 4.94. The van der Waals surface area contributed by atoms with Gasteiger partial charge in [0.1, 0.15) is 0 Å². The SMILES string of the molecule is Sc1ccc2ccccc2c1C=Nc1ccccc1-c1ccccc1N=Cc1c(S)ccc2ccccc12. The molecule has 6 aromatic carbocycles. The third-order valence-corrected chi connectivity index (χ3v) is 7.44. The van der Waals surface area contributed by atoms with Gasteiger partial charge in [-0.05, 0) is 45.8 Å². The molecule has 0 amide bonds. The minimum absolute atomic E-state index is 0.871. The molecule has 0 N–H and O–H groups in total. The van der Waals surface area contributed by atoms with Crippen molar-refractivity contribution >= 4 is 70.6 Å². The van der Waals surface area contributed by atoms with Crippen LogP contribution < -0.4 is 0 Å². The fourth-order valence-electron chi connectivity index (χ4n) is 4.74. The van der Waals surface area contributed by atoms with Crippen molar-refractivity contribution in [1.82, 2.24) is 0 Å². The van der Waals surface area contributed by atoms with Crippen LogP contribution in [0, 0.1) is 0 Å². The molecule has 0 spiro atoms. The van der Waals surface area contributed by atoms with E-state index in [0.29, 0.717) is 0 Å². The van der Waals surface area contributed by atoms with Gasteiger partial charge in [-0.3, -0.25) is 9.98 Å². The monoisotopic (exact) mass is 524 g/mol. The maximum absolute atomic E-state index is 4.94. The lowest BCUT2D eigenvalue weighted by Gasteiger charge is -2.10. The largest absolute Gasteiger partial charge is 0.256 e. The third kappa shape index (κ3) is 4.76. The van der Waals surface area contributed by atoms with E-state index < -0.39 is 0 Å². The van der Waals surface area contributed by atoms with Gasteiger partial charge < -0.3 is 0 Å². The quantitative estimate of drug-likeness (QED) is 0.166. The van der Waals surface area contributed by atoms with Gasteiger partial charge in [-0.2, -0.15) is 0 Å². The zero-order chi connectivity index (χ0) is 25.9. The van der Waals surface area contributed by atoms with Crippen molar-refractivity contribution in [3.05, 3.63) is 132 Å². The van der Waals surface area contributed by atoms with Gasteiger partial charge in [0, 0.05) is 44.5 Å². The molecule has 0 saturated carbocycles. The summed E-state index contributed by atoms with van der Waals surface area (Å²) in [6.07, 6.45) is 3.83. The van der Waals surface area contributed by atoms with Crippen molar-refractivity contribution in [3.8, 4) is 11.1 Å². The molecule has 4 heteroatoms. The minimum atomic E-state index is 0.871. The number of rotatable bonds is 5. The molecule has 0 bridgehead atoms. The number of hydrogen-bond acceptors (Lipinski definition) is 4. The molecule has 38 heavy (non-hydrogen) atoms. The Morgan fingerprint density at radius 2 is 0.816 bits per heavy atom. The summed E-state index contributed by atoms with van der Waals surface area (Å²) in [6, 6.07) is 41.2. The normalized spacial score (nSPS) is 11.7. The van der Waals surface area contributed by atoms with E-state index in [0.717, 1.165) is 65.0 Å². The lowest BCUT2D eigenvalue weighted by molar-refractivity contribution is 1.44. The summed E-state index contributed by atoms with van der Waals surface area (Å²) in [5.74, 6) is 0. The highest BCUT2D eigenvalue weighted by Crippen LogP contribution is 2.37. The van der Waals surface area contributed by atoms with E-state index >= 15 is 0 Å². The zero-order valence-corrected chi connectivity index (χ0v) is 22.3. The second-order valence-corrected chi connectivity index (χ2v) is 9.95. The van der Waals surface area contributed by atoms with Crippen molar-refractivity contribution in [1.29, 1.82) is 0 Å². The van der Waals surface area contributed by atoms with Gasteiger partial charge in [0.2, 0.25) is 0 Å². The standard InChI is InChI=1S/C34H24N2S2/c37-33-19-17-23-9-1-3-11-25(23)29(33)21-35-31-15-7-5-13-27(31)28-14-6-8-16-32(28)36-22-30-26-12-4-2-10-24(26)18-20-34(30)38/h1-22,37-38H. The fraction of sp³-hybridized carbons (Fsp3) is 0. The summed E-state index contributed by atoms with van der Waals surface area (Å²) >= 11 is 9.42. The lowest BCUT2D eigenvalue weighted by Crippen LogP contribution is -1.89. The molecule has 0 radical (unpaired) electrons. The first-order valence-corrected chi connectivity index (χ1v) is 13.3. The minimum Gasteiger partial charge on any atom is -0.256 e. The van der Waals surface area contributed by atoms with Crippen LogP contribution in [0.3, 0.4) is 0 Å². The van der Waals surface area contributed by atoms with Crippen LogP contribution in [0.25, 0.3) is 32.7 Å². The van der Waals surface area contributed by atoms with Crippen LogP contribution >= 0.6 is 25.3 Å². The number of para-hydroxylation sites is 2. The molecule has 6 aromatic rings. The highest BCUT2D eigenvalue weighted by molar-refractivity contribution is 7.80. The number of aliphatic imine (C=N–C) groups is 2. The van der Waals surface area contributed by atoms with Gasteiger partial charge >= 0.3 is 0 Å². The Labute approximate surface area is 233 Å². The Hall–Kier alpha value is -4.12. The van der Waals surface area contributed by atoms with Gasteiger partial charge in [-0.15, -0.1) is 25.3 Å². The van der Waals surface area contributed by atoms with Crippen LogP contribution in [0.4, 0.5) is 11.4 Å². The van der Waals surface area contributed by atoms with E-state index in [1.165, 1.54) is 0 Å². The van der Waals surface area contributed by atoms with E-state index in [1.807, 2.05) is 85.2 Å². The van der Waals surface area contributed by atoms with Crippen molar-refractivity contribution in [2.45, 2.75) is 9.79 Å². The summed E-state index contributed by atoms with van der Waals surface area (Å²) in [5, 5.41) is 4.58. The molecule has 0 unspecified atom stereocenters. The molecule has 2 nitrogen and oxygen atoms in total. The molecule has 0 aliphatic carbocycles. The number of fused-ring (bicyclic) bond motifs is 2. The molecular weight excluding hydrogens is 501 g/mol. The van der Waals surface area contributed by atoms with E-state index in [-0.39, 0.29) is 0 Å². The van der Waals surface area contributed by atoms with Gasteiger partial charge in [0.05, 0.1) is 11.4 Å². The highest BCUT2D eigenvalue weighted by Gasteiger charge is 2.10. The summed E-state index contributed by atoms with van der Waals surface area (Å²) in [4.78, 5) is 11.7. The molecular formula is C34H24N2S2. The van der Waals surface area contributed by atoms with E-state index in [2.05, 4.69) is 48.5 Å². The Morgan fingerprint density at radius 1 is 0.421 bits per heavy atom. The summed E-state index contributed by atoms with van der Waals surface area (Å²) in [5.41, 5.74) is 5.78.